The van der Waals surface area contributed by atoms with Crippen molar-refractivity contribution in [1.82, 2.24) is 9.03 Å². The van der Waals surface area contributed by atoms with E-state index in [0.717, 1.165) is 31.0 Å². The number of rotatable bonds is 7. The van der Waals surface area contributed by atoms with Crippen molar-refractivity contribution < 1.29 is 39.2 Å². The van der Waals surface area contributed by atoms with Gasteiger partial charge in [-0.2, -0.15) is 17.5 Å². The molecule has 0 radical (unpaired) electrons. The number of carbonyl (C=O) groups excluding carboxylic acids is 1. The minimum atomic E-state index is -4.71. The lowest BCUT2D eigenvalue weighted by Crippen LogP contribution is -2.33. The molecule has 3 rings (SSSR count). The first-order valence-corrected chi connectivity index (χ1v) is 12.3. The number of sulfonamides is 2. The summed E-state index contributed by atoms with van der Waals surface area (Å²) in [6, 6.07) is 5.52. The van der Waals surface area contributed by atoms with E-state index in [1.165, 1.54) is 28.1 Å². The molecule has 176 valence electrons. The van der Waals surface area contributed by atoms with Crippen molar-refractivity contribution in [3.63, 3.8) is 0 Å². The Morgan fingerprint density at radius 3 is 2.25 bits per heavy atom. The number of aryl methyl sites for hydroxylation is 1. The Bertz CT molecular complexity index is 1200. The Balaban J connectivity index is 1.71. The molecule has 1 aliphatic rings. The van der Waals surface area contributed by atoms with Gasteiger partial charge in [0, 0.05) is 24.8 Å². The molecule has 2 aromatic rings. The maximum Gasteiger partial charge on any atom is 0.402 e. The molecule has 1 amide bonds. The Morgan fingerprint density at radius 1 is 1.09 bits per heavy atom. The van der Waals surface area contributed by atoms with E-state index >= 15 is 0 Å². The summed E-state index contributed by atoms with van der Waals surface area (Å²) in [7, 11) is -8.18. The normalized spacial score (nSPS) is 15.8. The number of amides is 1. The molecule has 2 N–H and O–H groups in total. The van der Waals surface area contributed by atoms with Crippen LogP contribution < -0.4 is 10.0 Å². The second-order valence-electron chi connectivity index (χ2n) is 7.06. The third-order valence-corrected chi connectivity index (χ3v) is 8.09. The zero-order valence-corrected chi connectivity index (χ0v) is 18.4. The number of nitrogens with one attached hydrogen (secondary N) is 2. The average Bonchev–Trinajstić information content (AvgIpc) is 3.37. The summed E-state index contributed by atoms with van der Waals surface area (Å²) < 4.78 is 94.0. The number of hydrogen-bond donors (Lipinski definition) is 2. The molecule has 1 saturated heterocycles. The molecule has 0 bridgehead atoms. The van der Waals surface area contributed by atoms with Gasteiger partial charge in [0.2, 0.25) is 20.0 Å². The molecule has 0 spiro atoms. The quantitative estimate of drug-likeness (QED) is 0.608. The predicted molar refractivity (Wildman–Crippen MR) is 107 cm³/mol. The third kappa shape index (κ3) is 5.49. The Morgan fingerprint density at radius 2 is 1.69 bits per heavy atom. The second kappa shape index (κ2) is 8.84. The number of furan rings is 1. The van der Waals surface area contributed by atoms with Gasteiger partial charge in [-0.05, 0) is 44.0 Å². The molecule has 9 nitrogen and oxygen atoms in total. The first-order valence-electron chi connectivity index (χ1n) is 9.38. The predicted octanol–water partition coefficient (Wildman–Crippen LogP) is 2.47. The minimum Gasteiger partial charge on any atom is -0.455 e. The molecule has 0 aliphatic carbocycles. The number of halogens is 3. The highest BCUT2D eigenvalue weighted by Gasteiger charge is 2.32. The highest BCUT2D eigenvalue weighted by atomic mass is 32.2. The zero-order valence-electron chi connectivity index (χ0n) is 16.8. The van der Waals surface area contributed by atoms with Gasteiger partial charge >= 0.3 is 6.18 Å². The van der Waals surface area contributed by atoms with Gasteiger partial charge in [-0.15, -0.1) is 0 Å². The Hall–Kier alpha value is -2.42. The van der Waals surface area contributed by atoms with E-state index in [2.05, 4.69) is 5.32 Å². The van der Waals surface area contributed by atoms with Gasteiger partial charge in [-0.3, -0.25) is 4.79 Å². The average molecular weight is 496 g/mol. The van der Waals surface area contributed by atoms with Crippen molar-refractivity contribution in [2.75, 3.05) is 25.0 Å². The van der Waals surface area contributed by atoms with Gasteiger partial charge in [0.25, 0.3) is 5.91 Å². The van der Waals surface area contributed by atoms with E-state index in [1.807, 2.05) is 0 Å². The van der Waals surface area contributed by atoms with Gasteiger partial charge < -0.3 is 9.73 Å². The van der Waals surface area contributed by atoms with E-state index in [1.54, 1.807) is 0 Å². The summed E-state index contributed by atoms with van der Waals surface area (Å²) in [6.45, 7) is 0.491. The fourth-order valence-corrected chi connectivity index (χ4v) is 5.76. The van der Waals surface area contributed by atoms with Crippen molar-refractivity contribution in [2.45, 2.75) is 35.7 Å². The van der Waals surface area contributed by atoms with Crippen LogP contribution in [-0.4, -0.2) is 52.9 Å². The first kappa shape index (κ1) is 24.2. The standard InChI is InChI=1S/C18H20F3N3O6S2/c1-12-16(32(28,29)24-8-2-3-9-24)10-15(30-12)17(25)23-13-4-6-14(7-5-13)31(26,27)22-11-18(19,20)21/h4-7,10,22H,2-3,8-9,11H2,1H3,(H,23,25). The number of alkyl halides is 3. The van der Waals surface area contributed by atoms with Crippen LogP contribution in [0.4, 0.5) is 18.9 Å². The fraction of sp³-hybridized carbons (Fsp3) is 0.389. The highest BCUT2D eigenvalue weighted by molar-refractivity contribution is 7.89. The Kier molecular flexibility index (Phi) is 6.70. The number of benzene rings is 1. The van der Waals surface area contributed by atoms with Crippen LogP contribution >= 0.6 is 0 Å². The highest BCUT2D eigenvalue weighted by Crippen LogP contribution is 2.27. The van der Waals surface area contributed by atoms with Gasteiger partial charge in [-0.25, -0.2) is 21.6 Å². The molecule has 0 unspecified atom stereocenters. The molecule has 0 saturated carbocycles. The van der Waals surface area contributed by atoms with Crippen LogP contribution in [0.2, 0.25) is 0 Å². The molecular weight excluding hydrogens is 475 g/mol. The van der Waals surface area contributed by atoms with E-state index < -0.39 is 43.6 Å². The summed E-state index contributed by atoms with van der Waals surface area (Å²) in [6.07, 6.45) is -3.20. The third-order valence-electron chi connectivity index (χ3n) is 4.66. The van der Waals surface area contributed by atoms with E-state index in [9.17, 15) is 34.8 Å². The van der Waals surface area contributed by atoms with Gasteiger partial charge in [0.05, 0.1) is 4.90 Å². The summed E-state index contributed by atoms with van der Waals surface area (Å²) in [5.41, 5.74) is 0.128. The molecule has 1 aromatic heterocycles. The van der Waals surface area contributed by atoms with Crippen LogP contribution in [-0.2, 0) is 20.0 Å². The van der Waals surface area contributed by atoms with Gasteiger partial charge in [-0.1, -0.05) is 0 Å². The number of anilines is 1. The van der Waals surface area contributed by atoms with Crippen molar-refractivity contribution in [1.29, 1.82) is 0 Å². The lowest BCUT2D eigenvalue weighted by Gasteiger charge is -2.14. The number of hydrogen-bond acceptors (Lipinski definition) is 6. The molecule has 32 heavy (non-hydrogen) atoms. The second-order valence-corrected chi connectivity index (χ2v) is 10.7. The fourth-order valence-electron chi connectivity index (χ4n) is 3.07. The maximum atomic E-state index is 12.7. The smallest absolute Gasteiger partial charge is 0.402 e. The van der Waals surface area contributed by atoms with Gasteiger partial charge in [0.15, 0.2) is 5.76 Å². The largest absolute Gasteiger partial charge is 0.455 e. The lowest BCUT2D eigenvalue weighted by atomic mass is 10.3. The first-order chi connectivity index (χ1) is 14.8. The summed E-state index contributed by atoms with van der Waals surface area (Å²) in [5.74, 6) is -0.982. The number of nitrogens with zero attached hydrogens (tertiary/aromatic N) is 1. The SMILES string of the molecule is Cc1oc(C(=O)Nc2ccc(S(=O)(=O)NCC(F)(F)F)cc2)cc1S(=O)(=O)N1CCCC1. The van der Waals surface area contributed by atoms with Crippen LogP contribution in [0.25, 0.3) is 0 Å². The van der Waals surface area contributed by atoms with Crippen molar-refractivity contribution in [2.24, 2.45) is 0 Å². The van der Waals surface area contributed by atoms with Crippen LogP contribution in [0.1, 0.15) is 29.2 Å². The molecular formula is C18H20F3N3O6S2. The van der Waals surface area contributed by atoms with E-state index in [0.29, 0.717) is 13.1 Å². The maximum absolute atomic E-state index is 12.7. The van der Waals surface area contributed by atoms with E-state index in [4.69, 9.17) is 4.42 Å². The topological polar surface area (TPSA) is 126 Å². The monoisotopic (exact) mass is 495 g/mol. The zero-order chi connectivity index (χ0) is 23.7. The van der Waals surface area contributed by atoms with E-state index in [-0.39, 0.29) is 22.1 Å². The van der Waals surface area contributed by atoms with Crippen molar-refractivity contribution >= 4 is 31.6 Å². The summed E-state index contributed by atoms with van der Waals surface area (Å²) >= 11 is 0. The molecule has 1 aliphatic heterocycles. The van der Waals surface area contributed by atoms with Crippen LogP contribution in [0.15, 0.2) is 44.5 Å². The van der Waals surface area contributed by atoms with Gasteiger partial charge in [0.1, 0.15) is 17.2 Å². The molecule has 1 aromatic carbocycles. The van der Waals surface area contributed by atoms with Crippen LogP contribution in [0, 0.1) is 6.92 Å². The summed E-state index contributed by atoms with van der Waals surface area (Å²) in [4.78, 5) is 11.9. The van der Waals surface area contributed by atoms with Crippen molar-refractivity contribution in [3.05, 3.63) is 41.9 Å². The number of carbonyl (C=O) groups is 1. The molecule has 0 atom stereocenters. The summed E-state index contributed by atoms with van der Waals surface area (Å²) in [5, 5.41) is 2.42. The molecule has 2 heterocycles. The minimum absolute atomic E-state index is 0.0548. The lowest BCUT2D eigenvalue weighted by molar-refractivity contribution is -0.121. The van der Waals surface area contributed by atoms with Crippen molar-refractivity contribution in [3.8, 4) is 0 Å². The van der Waals surface area contributed by atoms with Crippen LogP contribution in [0.3, 0.4) is 0 Å². The molecule has 14 heteroatoms. The molecule has 1 fully saturated rings. The Labute approximate surface area is 182 Å². The van der Waals surface area contributed by atoms with Crippen LogP contribution in [0.5, 0.6) is 0 Å².